The van der Waals surface area contributed by atoms with Gasteiger partial charge < -0.3 is 9.80 Å². The number of thiazole rings is 1. The number of fused-ring (bicyclic) bond motifs is 1. The summed E-state index contributed by atoms with van der Waals surface area (Å²) in [5, 5.41) is 0.503. The Morgan fingerprint density at radius 2 is 2.15 bits per heavy atom. The summed E-state index contributed by atoms with van der Waals surface area (Å²) in [4.78, 5) is 25.3. The molecule has 2 aromatic heterocycles. The van der Waals surface area contributed by atoms with Gasteiger partial charge in [-0.25, -0.2) is 9.97 Å². The van der Waals surface area contributed by atoms with Crippen LogP contribution in [-0.2, 0) is 0 Å². The van der Waals surface area contributed by atoms with Gasteiger partial charge in [-0.1, -0.05) is 11.3 Å². The van der Waals surface area contributed by atoms with E-state index in [1.807, 2.05) is 12.1 Å². The highest BCUT2D eigenvalue weighted by atomic mass is 32.1. The Labute approximate surface area is 121 Å². The van der Waals surface area contributed by atoms with Gasteiger partial charge in [0, 0.05) is 31.6 Å². The van der Waals surface area contributed by atoms with Crippen molar-refractivity contribution < 1.29 is 4.79 Å². The maximum Gasteiger partial charge on any atom is 0.178 e. The zero-order chi connectivity index (χ0) is 13.7. The molecule has 1 spiro atoms. The summed E-state index contributed by atoms with van der Waals surface area (Å²) in [6.45, 7) is 4.56. The van der Waals surface area contributed by atoms with E-state index in [9.17, 15) is 4.79 Å². The zero-order valence-corrected chi connectivity index (χ0v) is 12.2. The van der Waals surface area contributed by atoms with Crippen molar-refractivity contribution in [3.63, 3.8) is 0 Å². The number of hydrogen-bond donors (Lipinski definition) is 0. The molecule has 0 amide bonds. The first-order valence-corrected chi connectivity index (χ1v) is 7.65. The van der Waals surface area contributed by atoms with E-state index in [0.717, 1.165) is 35.5 Å². The number of carbonyl (C=O) groups is 1. The van der Waals surface area contributed by atoms with E-state index in [0.29, 0.717) is 10.4 Å². The summed E-state index contributed by atoms with van der Waals surface area (Å²) in [5.74, 6) is 1.02. The van der Waals surface area contributed by atoms with Crippen LogP contribution in [0.25, 0.3) is 10.3 Å². The third-order valence-electron chi connectivity index (χ3n) is 4.33. The van der Waals surface area contributed by atoms with E-state index in [2.05, 4.69) is 26.8 Å². The largest absolute Gasteiger partial charge is 0.356 e. The molecule has 2 fully saturated rings. The first-order chi connectivity index (χ1) is 9.67. The van der Waals surface area contributed by atoms with Crippen molar-refractivity contribution >= 4 is 33.8 Å². The molecule has 5 nitrogen and oxygen atoms in total. The fourth-order valence-electron chi connectivity index (χ4n) is 3.54. The molecule has 0 N–H and O–H groups in total. The molecule has 6 heteroatoms. The van der Waals surface area contributed by atoms with E-state index in [1.54, 1.807) is 0 Å². The van der Waals surface area contributed by atoms with E-state index in [4.69, 9.17) is 0 Å². The fraction of sp³-hybridized carbons (Fsp3) is 0.500. The van der Waals surface area contributed by atoms with Crippen molar-refractivity contribution in [1.29, 1.82) is 0 Å². The lowest BCUT2D eigenvalue weighted by Crippen LogP contribution is -2.55. The lowest BCUT2D eigenvalue weighted by Gasteiger charge is -2.46. The molecule has 0 aliphatic carbocycles. The summed E-state index contributed by atoms with van der Waals surface area (Å²) < 4.78 is 0. The molecule has 0 saturated carbocycles. The molecule has 0 bridgehead atoms. The van der Waals surface area contributed by atoms with Crippen LogP contribution < -0.4 is 4.90 Å². The Morgan fingerprint density at radius 1 is 1.30 bits per heavy atom. The Balaban J connectivity index is 1.61. The Hall–Kier alpha value is -1.53. The second kappa shape index (κ2) is 4.23. The van der Waals surface area contributed by atoms with Crippen molar-refractivity contribution in [2.24, 2.45) is 5.41 Å². The second-order valence-electron chi connectivity index (χ2n) is 6.01. The molecular formula is C14H16N4OS. The zero-order valence-electron chi connectivity index (χ0n) is 11.4. The molecule has 20 heavy (non-hydrogen) atoms. The van der Waals surface area contributed by atoms with Crippen LogP contribution in [0.5, 0.6) is 0 Å². The number of nitrogens with zero attached hydrogens (tertiary/aromatic N) is 4. The molecule has 2 saturated heterocycles. The van der Waals surface area contributed by atoms with Crippen LogP contribution in [0.15, 0.2) is 12.1 Å². The molecular weight excluding hydrogens is 272 g/mol. The Kier molecular flexibility index (Phi) is 2.59. The SMILES string of the molecule is CN1CC2(CCN(c3ccc4nc(C=O)sc4n3)C2)C1. The molecule has 2 aliphatic heterocycles. The maximum atomic E-state index is 10.8. The predicted octanol–water partition coefficient (Wildman–Crippen LogP) is 1.65. The molecule has 0 radical (unpaired) electrons. The number of aldehydes is 1. The fourth-order valence-corrected chi connectivity index (χ4v) is 4.29. The average molecular weight is 288 g/mol. The molecule has 2 aromatic rings. The third-order valence-corrected chi connectivity index (χ3v) is 5.22. The van der Waals surface area contributed by atoms with Crippen LogP contribution in [0, 0.1) is 5.41 Å². The number of anilines is 1. The molecule has 2 aliphatic rings. The van der Waals surface area contributed by atoms with Gasteiger partial charge >= 0.3 is 0 Å². The number of hydrogen-bond acceptors (Lipinski definition) is 6. The minimum Gasteiger partial charge on any atom is -0.356 e. The van der Waals surface area contributed by atoms with E-state index in [-0.39, 0.29) is 0 Å². The predicted molar refractivity (Wildman–Crippen MR) is 79.6 cm³/mol. The second-order valence-corrected chi connectivity index (χ2v) is 7.02. The van der Waals surface area contributed by atoms with Gasteiger partial charge in [0.05, 0.1) is 0 Å². The summed E-state index contributed by atoms with van der Waals surface area (Å²) in [7, 11) is 2.18. The van der Waals surface area contributed by atoms with Gasteiger partial charge in [-0.15, -0.1) is 0 Å². The van der Waals surface area contributed by atoms with Crippen molar-refractivity contribution in [3.8, 4) is 0 Å². The van der Waals surface area contributed by atoms with Crippen LogP contribution in [-0.4, -0.2) is 54.4 Å². The number of pyridine rings is 1. The van der Waals surface area contributed by atoms with Crippen LogP contribution >= 0.6 is 11.3 Å². The maximum absolute atomic E-state index is 10.8. The first-order valence-electron chi connectivity index (χ1n) is 6.84. The molecule has 0 aromatic carbocycles. The highest BCUT2D eigenvalue weighted by Crippen LogP contribution is 2.40. The lowest BCUT2D eigenvalue weighted by atomic mass is 9.79. The van der Waals surface area contributed by atoms with Gasteiger partial charge in [-0.2, -0.15) is 0 Å². The topological polar surface area (TPSA) is 49.3 Å². The van der Waals surface area contributed by atoms with Crippen molar-refractivity contribution in [2.75, 3.05) is 38.1 Å². The monoisotopic (exact) mass is 288 g/mol. The van der Waals surface area contributed by atoms with Gasteiger partial charge in [0.1, 0.15) is 16.2 Å². The van der Waals surface area contributed by atoms with Crippen molar-refractivity contribution in [2.45, 2.75) is 6.42 Å². The summed E-state index contributed by atoms with van der Waals surface area (Å²) >= 11 is 1.37. The van der Waals surface area contributed by atoms with E-state index in [1.165, 1.54) is 30.8 Å². The summed E-state index contributed by atoms with van der Waals surface area (Å²) in [5.41, 5.74) is 1.30. The molecule has 4 heterocycles. The normalized spacial score (nSPS) is 21.6. The summed E-state index contributed by atoms with van der Waals surface area (Å²) in [6, 6.07) is 4.00. The van der Waals surface area contributed by atoms with Crippen LogP contribution in [0.1, 0.15) is 16.2 Å². The van der Waals surface area contributed by atoms with Gasteiger partial charge in [0.15, 0.2) is 11.3 Å². The molecule has 0 unspecified atom stereocenters. The smallest absolute Gasteiger partial charge is 0.178 e. The van der Waals surface area contributed by atoms with Crippen LogP contribution in [0.4, 0.5) is 5.82 Å². The molecule has 4 rings (SSSR count). The Bertz CT molecular complexity index is 677. The quantitative estimate of drug-likeness (QED) is 0.786. The highest BCUT2D eigenvalue weighted by molar-refractivity contribution is 7.19. The van der Waals surface area contributed by atoms with Gasteiger partial charge in [0.2, 0.25) is 0 Å². The number of likely N-dealkylation sites (tertiary alicyclic amines) is 1. The minimum absolute atomic E-state index is 0.479. The number of rotatable bonds is 2. The van der Waals surface area contributed by atoms with Crippen LogP contribution in [0.2, 0.25) is 0 Å². The average Bonchev–Trinajstić information content (AvgIpc) is 3.01. The third kappa shape index (κ3) is 1.83. The van der Waals surface area contributed by atoms with Crippen LogP contribution in [0.3, 0.4) is 0 Å². The standard InChI is InChI=1S/C14H16N4OS/c1-17-7-14(8-17)4-5-18(9-14)11-3-2-10-13(16-11)20-12(6-19)15-10/h2-3,6H,4-5,7-9H2,1H3. The number of carbonyl (C=O) groups excluding carboxylic acids is 1. The van der Waals surface area contributed by atoms with Gasteiger partial charge in [-0.05, 0) is 25.6 Å². The van der Waals surface area contributed by atoms with Crippen molar-refractivity contribution in [3.05, 3.63) is 17.1 Å². The first kappa shape index (κ1) is 12.2. The van der Waals surface area contributed by atoms with Crippen molar-refractivity contribution in [1.82, 2.24) is 14.9 Å². The number of aromatic nitrogens is 2. The Morgan fingerprint density at radius 3 is 2.90 bits per heavy atom. The molecule has 104 valence electrons. The van der Waals surface area contributed by atoms with E-state index >= 15 is 0 Å². The van der Waals surface area contributed by atoms with E-state index < -0.39 is 0 Å². The molecule has 0 atom stereocenters. The lowest BCUT2D eigenvalue weighted by molar-refractivity contribution is 0.0424. The summed E-state index contributed by atoms with van der Waals surface area (Å²) in [6.07, 6.45) is 2.04. The minimum atomic E-state index is 0.479. The van der Waals surface area contributed by atoms with Gasteiger partial charge in [-0.3, -0.25) is 4.79 Å². The van der Waals surface area contributed by atoms with Gasteiger partial charge in [0.25, 0.3) is 0 Å². The highest BCUT2D eigenvalue weighted by Gasteiger charge is 2.46.